The number of methoxy groups -OCH3 is 1. The fraction of sp³-hybridized carbons (Fsp3) is 0.100. The number of benzene rings is 1. The summed E-state index contributed by atoms with van der Waals surface area (Å²) in [6, 6.07) is 6.98. The maximum Gasteiger partial charge on any atom is 0.330 e. The van der Waals surface area contributed by atoms with E-state index in [1.54, 1.807) is 24.3 Å². The van der Waals surface area contributed by atoms with Gasteiger partial charge in [0.1, 0.15) is 5.75 Å². The summed E-state index contributed by atoms with van der Waals surface area (Å²) in [6.07, 6.45) is 0. The number of halogens is 1. The normalized spacial score (nSPS) is 9.94. The number of nitrogens with zero attached hydrogens (tertiary/aromatic N) is 3. The first-order chi connectivity index (χ1) is 8.71. The van der Waals surface area contributed by atoms with Gasteiger partial charge in [-0.1, -0.05) is 17.7 Å². The summed E-state index contributed by atoms with van der Waals surface area (Å²) in [5.74, 6) is 5.86. The number of rotatable bonds is 4. The van der Waals surface area contributed by atoms with Crippen LogP contribution < -0.4 is 20.7 Å². The summed E-state index contributed by atoms with van der Waals surface area (Å²) in [7, 11) is 1.43. The number of nitrogens with two attached hydrogens (primary N) is 1. The third kappa shape index (κ3) is 2.96. The molecule has 0 bridgehead atoms. The highest BCUT2D eigenvalue weighted by atomic mass is 35.5. The fourth-order valence-corrected chi connectivity index (χ4v) is 1.36. The van der Waals surface area contributed by atoms with Crippen molar-refractivity contribution in [3.05, 3.63) is 29.3 Å². The lowest BCUT2D eigenvalue weighted by Crippen LogP contribution is -2.12. The van der Waals surface area contributed by atoms with Gasteiger partial charge in [-0.3, -0.25) is 5.43 Å². The van der Waals surface area contributed by atoms with E-state index in [0.29, 0.717) is 10.8 Å². The lowest BCUT2D eigenvalue weighted by molar-refractivity contribution is 0.360. The van der Waals surface area contributed by atoms with Gasteiger partial charge >= 0.3 is 12.0 Å². The van der Waals surface area contributed by atoms with Gasteiger partial charge in [0, 0.05) is 5.02 Å². The molecule has 0 radical (unpaired) electrons. The molecule has 1 heterocycles. The molecule has 2 rings (SSSR count). The second-order valence-corrected chi connectivity index (χ2v) is 3.57. The Morgan fingerprint density at radius 2 is 2.00 bits per heavy atom. The van der Waals surface area contributed by atoms with Crippen LogP contribution in [0.25, 0.3) is 0 Å². The van der Waals surface area contributed by atoms with Crippen molar-refractivity contribution in [3.8, 4) is 17.8 Å². The van der Waals surface area contributed by atoms with E-state index in [0.717, 1.165) is 0 Å². The zero-order valence-corrected chi connectivity index (χ0v) is 10.2. The number of hydrogen-bond acceptors (Lipinski definition) is 7. The molecule has 0 spiro atoms. The van der Waals surface area contributed by atoms with Crippen molar-refractivity contribution in [3.63, 3.8) is 0 Å². The van der Waals surface area contributed by atoms with Crippen molar-refractivity contribution in [2.24, 2.45) is 5.84 Å². The van der Waals surface area contributed by atoms with Gasteiger partial charge in [-0.25, -0.2) is 5.84 Å². The number of hydrogen-bond donors (Lipinski definition) is 2. The minimum Gasteiger partial charge on any atom is -0.467 e. The topological polar surface area (TPSA) is 95.2 Å². The fourth-order valence-electron chi connectivity index (χ4n) is 1.18. The second-order valence-electron chi connectivity index (χ2n) is 3.13. The van der Waals surface area contributed by atoms with Gasteiger partial charge < -0.3 is 9.47 Å². The van der Waals surface area contributed by atoms with E-state index >= 15 is 0 Å². The van der Waals surface area contributed by atoms with Crippen LogP contribution in [-0.2, 0) is 0 Å². The van der Waals surface area contributed by atoms with Crippen molar-refractivity contribution >= 4 is 17.5 Å². The lowest BCUT2D eigenvalue weighted by atomic mass is 10.3. The van der Waals surface area contributed by atoms with Crippen molar-refractivity contribution < 1.29 is 9.47 Å². The van der Waals surface area contributed by atoms with Crippen LogP contribution >= 0.6 is 11.6 Å². The number of ether oxygens (including phenoxy) is 2. The number of hydrazine groups is 1. The molecule has 8 heteroatoms. The minimum absolute atomic E-state index is 0.0528. The van der Waals surface area contributed by atoms with Gasteiger partial charge in [-0.15, -0.1) is 4.98 Å². The number of anilines is 1. The average molecular weight is 268 g/mol. The molecule has 0 saturated heterocycles. The molecule has 0 fully saturated rings. The van der Waals surface area contributed by atoms with Crippen LogP contribution in [0.15, 0.2) is 24.3 Å². The molecule has 7 nitrogen and oxygen atoms in total. The molecule has 0 saturated carbocycles. The van der Waals surface area contributed by atoms with Gasteiger partial charge in [0.15, 0.2) is 0 Å². The van der Waals surface area contributed by atoms with E-state index in [2.05, 4.69) is 20.4 Å². The molecular weight excluding hydrogens is 258 g/mol. The van der Waals surface area contributed by atoms with Crippen LogP contribution in [0.4, 0.5) is 5.95 Å². The van der Waals surface area contributed by atoms with E-state index in [1.807, 2.05) is 0 Å². The molecule has 18 heavy (non-hydrogen) atoms. The van der Waals surface area contributed by atoms with E-state index in [-0.39, 0.29) is 18.0 Å². The Morgan fingerprint density at radius 3 is 2.67 bits per heavy atom. The van der Waals surface area contributed by atoms with Crippen LogP contribution in [0.2, 0.25) is 5.02 Å². The Hall–Kier alpha value is -2.12. The monoisotopic (exact) mass is 267 g/mol. The van der Waals surface area contributed by atoms with Crippen molar-refractivity contribution in [1.82, 2.24) is 15.0 Å². The molecule has 0 atom stereocenters. The van der Waals surface area contributed by atoms with Crippen LogP contribution in [-0.4, -0.2) is 22.1 Å². The predicted molar refractivity (Wildman–Crippen MR) is 65.7 cm³/mol. The molecule has 3 N–H and O–H groups in total. The molecule has 94 valence electrons. The molecular formula is C10H10ClN5O2. The minimum atomic E-state index is 0.0528. The molecule has 1 aromatic carbocycles. The first-order valence-corrected chi connectivity index (χ1v) is 5.29. The molecule has 0 amide bonds. The third-order valence-electron chi connectivity index (χ3n) is 1.91. The summed E-state index contributed by atoms with van der Waals surface area (Å²) in [4.78, 5) is 11.7. The Balaban J connectivity index is 2.28. The first kappa shape index (κ1) is 12.3. The van der Waals surface area contributed by atoms with Gasteiger partial charge in [0.25, 0.3) is 0 Å². The van der Waals surface area contributed by atoms with E-state index in [1.165, 1.54) is 7.11 Å². The molecule has 1 aromatic heterocycles. The Morgan fingerprint density at radius 1 is 1.22 bits per heavy atom. The maximum absolute atomic E-state index is 5.84. The Bertz CT molecular complexity index is 529. The average Bonchev–Trinajstić information content (AvgIpc) is 2.38. The summed E-state index contributed by atoms with van der Waals surface area (Å²) in [5.41, 5.74) is 2.29. The number of nitrogen functional groups attached to an aromatic ring is 1. The zero-order chi connectivity index (χ0) is 13.0. The van der Waals surface area contributed by atoms with Gasteiger partial charge in [-0.05, 0) is 18.2 Å². The van der Waals surface area contributed by atoms with Gasteiger partial charge in [-0.2, -0.15) is 9.97 Å². The molecule has 0 aliphatic rings. The largest absolute Gasteiger partial charge is 0.467 e. The van der Waals surface area contributed by atoms with Crippen LogP contribution in [0.5, 0.6) is 17.8 Å². The predicted octanol–water partition coefficient (Wildman–Crippen LogP) is 1.61. The van der Waals surface area contributed by atoms with E-state index < -0.39 is 0 Å². The first-order valence-electron chi connectivity index (χ1n) is 4.91. The van der Waals surface area contributed by atoms with Crippen molar-refractivity contribution in [2.75, 3.05) is 12.5 Å². The smallest absolute Gasteiger partial charge is 0.330 e. The van der Waals surface area contributed by atoms with E-state index in [4.69, 9.17) is 26.9 Å². The highest BCUT2D eigenvalue weighted by Crippen LogP contribution is 2.23. The van der Waals surface area contributed by atoms with E-state index in [9.17, 15) is 0 Å². The summed E-state index contributed by atoms with van der Waals surface area (Å²) < 4.78 is 10.3. The second kappa shape index (κ2) is 5.48. The van der Waals surface area contributed by atoms with Gasteiger partial charge in [0.2, 0.25) is 5.95 Å². The van der Waals surface area contributed by atoms with Gasteiger partial charge in [0.05, 0.1) is 7.11 Å². The quantitative estimate of drug-likeness (QED) is 0.642. The number of aromatic nitrogens is 3. The van der Waals surface area contributed by atoms with Crippen molar-refractivity contribution in [1.29, 1.82) is 0 Å². The molecule has 0 aliphatic heterocycles. The molecule has 0 aliphatic carbocycles. The van der Waals surface area contributed by atoms with Crippen LogP contribution in [0, 0.1) is 0 Å². The molecule has 0 unspecified atom stereocenters. The highest BCUT2D eigenvalue weighted by Gasteiger charge is 2.08. The maximum atomic E-state index is 5.84. The van der Waals surface area contributed by atoms with Crippen molar-refractivity contribution in [2.45, 2.75) is 0 Å². The zero-order valence-electron chi connectivity index (χ0n) is 9.42. The summed E-state index contributed by atoms with van der Waals surface area (Å²) in [6.45, 7) is 0. The Kier molecular flexibility index (Phi) is 3.75. The summed E-state index contributed by atoms with van der Waals surface area (Å²) in [5, 5.41) is 0.547. The third-order valence-corrected chi connectivity index (χ3v) is 2.15. The lowest BCUT2D eigenvalue weighted by Gasteiger charge is -2.06. The summed E-state index contributed by atoms with van der Waals surface area (Å²) >= 11 is 5.84. The highest BCUT2D eigenvalue weighted by molar-refractivity contribution is 6.30. The standard InChI is InChI=1S/C10H10ClN5O2/c1-17-9-13-8(16-12)14-10(15-9)18-7-4-2-3-6(11)5-7/h2-5H,12H2,1H3,(H,13,14,15,16). The Labute approximate surface area is 108 Å². The SMILES string of the molecule is COc1nc(NN)nc(Oc2cccc(Cl)c2)n1. The van der Waals surface area contributed by atoms with Crippen LogP contribution in [0.3, 0.4) is 0 Å². The van der Waals surface area contributed by atoms with Crippen LogP contribution in [0.1, 0.15) is 0 Å². The molecule has 2 aromatic rings. The number of nitrogens with one attached hydrogen (secondary N) is 1.